The highest BCUT2D eigenvalue weighted by Crippen LogP contribution is 2.32. The number of thiophene rings is 1. The van der Waals surface area contributed by atoms with Crippen LogP contribution in [0.15, 0.2) is 16.3 Å². The number of sulfonamides is 1. The molecule has 2 rings (SSSR count). The lowest BCUT2D eigenvalue weighted by molar-refractivity contribution is 0.228. The van der Waals surface area contributed by atoms with Gasteiger partial charge in [0.05, 0.1) is 0 Å². The van der Waals surface area contributed by atoms with Crippen molar-refractivity contribution in [2.24, 2.45) is 0 Å². The van der Waals surface area contributed by atoms with Crippen molar-refractivity contribution in [3.05, 3.63) is 17.0 Å². The molecule has 0 saturated heterocycles. The van der Waals surface area contributed by atoms with Crippen LogP contribution in [0.5, 0.6) is 0 Å². The van der Waals surface area contributed by atoms with Crippen LogP contribution in [0.1, 0.15) is 31.1 Å². The lowest BCUT2D eigenvalue weighted by Gasteiger charge is -2.35. The Hall–Kier alpha value is -0.100. The van der Waals surface area contributed by atoms with Crippen LogP contribution in [0.4, 0.5) is 0 Å². The minimum absolute atomic E-state index is 0.154. The molecule has 1 aromatic heterocycles. The summed E-state index contributed by atoms with van der Waals surface area (Å²) in [6.45, 7) is 2.44. The van der Waals surface area contributed by atoms with Crippen LogP contribution in [0.3, 0.4) is 0 Å². The fourth-order valence-corrected chi connectivity index (χ4v) is 5.45. The topological polar surface area (TPSA) is 37.4 Å². The van der Waals surface area contributed by atoms with Crippen LogP contribution in [0.2, 0.25) is 0 Å². The number of rotatable bonds is 6. The van der Waals surface area contributed by atoms with Gasteiger partial charge in [0, 0.05) is 23.3 Å². The fraction of sp³-hybridized carbons (Fsp3) is 0.667. The Morgan fingerprint density at radius 3 is 2.61 bits per heavy atom. The van der Waals surface area contributed by atoms with E-state index in [2.05, 4.69) is 0 Å². The number of halogens is 1. The van der Waals surface area contributed by atoms with Crippen LogP contribution in [-0.4, -0.2) is 31.2 Å². The van der Waals surface area contributed by atoms with Gasteiger partial charge in [0.2, 0.25) is 0 Å². The first kappa shape index (κ1) is 14.3. The average molecular weight is 308 g/mol. The quantitative estimate of drug-likeness (QED) is 0.757. The number of hydrogen-bond donors (Lipinski definition) is 0. The van der Waals surface area contributed by atoms with Gasteiger partial charge in [0.1, 0.15) is 4.21 Å². The highest BCUT2D eigenvalue weighted by molar-refractivity contribution is 7.91. The molecule has 1 aliphatic carbocycles. The van der Waals surface area contributed by atoms with E-state index < -0.39 is 10.0 Å². The molecule has 0 spiro atoms. The summed E-state index contributed by atoms with van der Waals surface area (Å²) in [6.07, 6.45) is 3.91. The van der Waals surface area contributed by atoms with Gasteiger partial charge in [-0.15, -0.1) is 22.9 Å². The molecule has 6 heteroatoms. The minimum Gasteiger partial charge on any atom is -0.206 e. The number of alkyl halides is 1. The van der Waals surface area contributed by atoms with Crippen LogP contribution in [0.25, 0.3) is 0 Å². The van der Waals surface area contributed by atoms with Crippen LogP contribution in [-0.2, 0) is 16.4 Å². The second kappa shape index (κ2) is 5.90. The van der Waals surface area contributed by atoms with Gasteiger partial charge >= 0.3 is 0 Å². The standard InChI is InChI=1S/C12H18ClNO2S2/c1-2-11-6-7-12(17-11)18(15,16)14(9-8-13)10-4-3-5-10/h6-7,10H,2-5,8-9H2,1H3. The van der Waals surface area contributed by atoms with Gasteiger partial charge in [-0.1, -0.05) is 13.3 Å². The summed E-state index contributed by atoms with van der Waals surface area (Å²) in [5, 5.41) is 0. The van der Waals surface area contributed by atoms with E-state index in [-0.39, 0.29) is 6.04 Å². The third-order valence-electron chi connectivity index (χ3n) is 3.34. The number of nitrogens with zero attached hydrogens (tertiary/aromatic N) is 1. The van der Waals surface area contributed by atoms with E-state index in [1.165, 1.54) is 11.3 Å². The normalized spacial score (nSPS) is 17.1. The maximum absolute atomic E-state index is 12.6. The molecule has 18 heavy (non-hydrogen) atoms. The van der Waals surface area contributed by atoms with Crippen LogP contribution < -0.4 is 0 Å². The Labute approximate surface area is 118 Å². The van der Waals surface area contributed by atoms with Crippen molar-refractivity contribution < 1.29 is 8.42 Å². The summed E-state index contributed by atoms with van der Waals surface area (Å²) in [5.74, 6) is 0.349. The van der Waals surface area contributed by atoms with Crippen molar-refractivity contribution in [2.45, 2.75) is 42.9 Å². The zero-order valence-corrected chi connectivity index (χ0v) is 12.8. The molecule has 0 aliphatic heterocycles. The SMILES string of the molecule is CCc1ccc(S(=O)(=O)N(CCCl)C2CCC2)s1. The lowest BCUT2D eigenvalue weighted by Crippen LogP contribution is -2.44. The van der Waals surface area contributed by atoms with Gasteiger partial charge in [0.15, 0.2) is 0 Å². The summed E-state index contributed by atoms with van der Waals surface area (Å²) in [4.78, 5) is 1.10. The van der Waals surface area contributed by atoms with Crippen molar-refractivity contribution in [3.8, 4) is 0 Å². The molecule has 1 heterocycles. The molecule has 0 atom stereocenters. The van der Waals surface area contributed by atoms with Gasteiger partial charge in [-0.05, 0) is 31.4 Å². The first-order valence-electron chi connectivity index (χ1n) is 6.26. The summed E-state index contributed by atoms with van der Waals surface area (Å²) in [7, 11) is -3.35. The number of aryl methyl sites for hydroxylation is 1. The summed E-state index contributed by atoms with van der Waals surface area (Å²) in [6, 6.07) is 3.77. The summed E-state index contributed by atoms with van der Waals surface area (Å²) in [5.41, 5.74) is 0. The molecule has 1 saturated carbocycles. The molecule has 1 fully saturated rings. The lowest BCUT2D eigenvalue weighted by atomic mass is 9.93. The van der Waals surface area contributed by atoms with Crippen molar-refractivity contribution in [1.82, 2.24) is 4.31 Å². The third-order valence-corrected chi connectivity index (χ3v) is 7.15. The molecular formula is C12H18ClNO2S2. The molecular weight excluding hydrogens is 290 g/mol. The molecule has 0 radical (unpaired) electrons. The molecule has 0 N–H and O–H groups in total. The third kappa shape index (κ3) is 2.74. The van der Waals surface area contributed by atoms with Crippen molar-refractivity contribution in [1.29, 1.82) is 0 Å². The average Bonchev–Trinajstić information content (AvgIpc) is 2.75. The Morgan fingerprint density at radius 1 is 1.44 bits per heavy atom. The first-order valence-corrected chi connectivity index (χ1v) is 9.05. The van der Waals surface area contributed by atoms with Gasteiger partial charge < -0.3 is 0 Å². The maximum Gasteiger partial charge on any atom is 0.252 e. The van der Waals surface area contributed by atoms with E-state index in [1.54, 1.807) is 10.4 Å². The fourth-order valence-electron chi connectivity index (χ4n) is 2.06. The summed E-state index contributed by atoms with van der Waals surface area (Å²) >= 11 is 7.12. The molecule has 0 bridgehead atoms. The Bertz CT molecular complexity index is 494. The van der Waals surface area contributed by atoms with Crippen LogP contribution >= 0.6 is 22.9 Å². The molecule has 102 valence electrons. The second-order valence-corrected chi connectivity index (χ2v) is 8.13. The van der Waals surface area contributed by atoms with Crippen molar-refractivity contribution in [2.75, 3.05) is 12.4 Å². The van der Waals surface area contributed by atoms with Gasteiger partial charge in [-0.2, -0.15) is 4.31 Å². The van der Waals surface area contributed by atoms with Gasteiger partial charge in [-0.25, -0.2) is 8.42 Å². The van der Waals surface area contributed by atoms with E-state index in [1.807, 2.05) is 13.0 Å². The predicted molar refractivity (Wildman–Crippen MR) is 75.9 cm³/mol. The minimum atomic E-state index is -3.35. The Morgan fingerprint density at radius 2 is 2.17 bits per heavy atom. The second-order valence-electron chi connectivity index (χ2n) is 4.46. The largest absolute Gasteiger partial charge is 0.252 e. The first-order chi connectivity index (χ1) is 8.59. The molecule has 0 aromatic carbocycles. The molecule has 1 aliphatic rings. The van der Waals surface area contributed by atoms with Crippen molar-refractivity contribution in [3.63, 3.8) is 0 Å². The van der Waals surface area contributed by atoms with E-state index in [9.17, 15) is 8.42 Å². The van der Waals surface area contributed by atoms with E-state index >= 15 is 0 Å². The molecule has 0 amide bonds. The maximum atomic E-state index is 12.6. The van der Waals surface area contributed by atoms with E-state index in [0.29, 0.717) is 16.6 Å². The molecule has 0 unspecified atom stereocenters. The van der Waals surface area contributed by atoms with E-state index in [0.717, 1.165) is 30.6 Å². The summed E-state index contributed by atoms with van der Waals surface area (Å²) < 4.78 is 27.2. The zero-order valence-electron chi connectivity index (χ0n) is 10.4. The van der Waals surface area contributed by atoms with E-state index in [4.69, 9.17) is 11.6 Å². The number of hydrogen-bond acceptors (Lipinski definition) is 3. The van der Waals surface area contributed by atoms with Crippen molar-refractivity contribution >= 4 is 33.0 Å². The highest BCUT2D eigenvalue weighted by Gasteiger charge is 2.35. The Balaban J connectivity index is 2.26. The van der Waals surface area contributed by atoms with Gasteiger partial charge in [-0.3, -0.25) is 0 Å². The predicted octanol–water partition coefficient (Wildman–Crippen LogP) is 3.09. The molecule has 3 nitrogen and oxygen atoms in total. The zero-order chi connectivity index (χ0) is 13.2. The highest BCUT2D eigenvalue weighted by atomic mass is 35.5. The van der Waals surface area contributed by atoms with Crippen LogP contribution in [0, 0.1) is 0 Å². The Kier molecular flexibility index (Phi) is 4.69. The van der Waals surface area contributed by atoms with Gasteiger partial charge in [0.25, 0.3) is 10.0 Å². The smallest absolute Gasteiger partial charge is 0.206 e. The molecule has 1 aromatic rings. The monoisotopic (exact) mass is 307 g/mol.